The van der Waals surface area contributed by atoms with Gasteiger partial charge in [0.2, 0.25) is 9.84 Å². The largest absolute Gasteiger partial charge is 0.369 e. The number of alkyl halides is 2. The monoisotopic (exact) mass is 368 g/mol. The summed E-state index contributed by atoms with van der Waals surface area (Å²) < 4.78 is 49.9. The molecule has 0 radical (unpaired) electrons. The highest BCUT2D eigenvalue weighted by Gasteiger charge is 2.31. The molecule has 9 heteroatoms. The van der Waals surface area contributed by atoms with Gasteiger partial charge in [0.25, 0.3) is 0 Å². The molecule has 1 aliphatic heterocycles. The summed E-state index contributed by atoms with van der Waals surface area (Å²) in [4.78, 5) is 3.57. The van der Waals surface area contributed by atoms with Crippen LogP contribution in [0.5, 0.6) is 0 Å². The fraction of sp³-hybridized carbons (Fsp3) is 0.375. The molecule has 2 heterocycles. The average molecular weight is 368 g/mol. The highest BCUT2D eigenvalue weighted by molar-refractivity contribution is 7.91. The molecule has 25 heavy (non-hydrogen) atoms. The maximum atomic E-state index is 13.0. The number of aromatic nitrogens is 2. The molecule has 1 fully saturated rings. The minimum atomic E-state index is -4.65. The zero-order valence-electron chi connectivity index (χ0n) is 13.4. The standard InChI is InChI=1S/C16H18F2N4O2S/c17-16(18)25(23,24)14-6-2-1-5-13(14)21-9-4-10-22(12-11-21)15-7-3-8-19-20-15/h1-3,5-8,16H,4,9-12H2. The Morgan fingerprint density at radius 1 is 0.960 bits per heavy atom. The molecule has 1 aliphatic rings. The SMILES string of the molecule is O=S(=O)(c1ccccc1N1CCCN(c2cccnn2)CC1)C(F)F. The molecule has 0 unspecified atom stereocenters. The van der Waals surface area contributed by atoms with Crippen LogP contribution in [0.15, 0.2) is 47.5 Å². The van der Waals surface area contributed by atoms with Gasteiger partial charge in [0.1, 0.15) is 0 Å². The highest BCUT2D eigenvalue weighted by Crippen LogP contribution is 2.30. The van der Waals surface area contributed by atoms with E-state index < -0.39 is 15.6 Å². The van der Waals surface area contributed by atoms with Crippen LogP contribution in [0.3, 0.4) is 0 Å². The van der Waals surface area contributed by atoms with Crippen molar-refractivity contribution in [3.8, 4) is 0 Å². The predicted octanol–water partition coefficient (Wildman–Crippen LogP) is 2.19. The van der Waals surface area contributed by atoms with E-state index in [4.69, 9.17) is 0 Å². The zero-order chi connectivity index (χ0) is 17.9. The average Bonchev–Trinajstić information content (AvgIpc) is 2.88. The molecule has 0 aliphatic carbocycles. The lowest BCUT2D eigenvalue weighted by atomic mass is 10.2. The minimum absolute atomic E-state index is 0.321. The van der Waals surface area contributed by atoms with Crippen molar-refractivity contribution in [1.82, 2.24) is 10.2 Å². The fourth-order valence-corrected chi connectivity index (χ4v) is 3.85. The number of anilines is 2. The lowest BCUT2D eigenvalue weighted by Gasteiger charge is -2.25. The van der Waals surface area contributed by atoms with E-state index in [2.05, 4.69) is 15.1 Å². The number of para-hydroxylation sites is 1. The van der Waals surface area contributed by atoms with E-state index in [1.807, 2.05) is 11.0 Å². The summed E-state index contributed by atoms with van der Waals surface area (Å²) in [5.41, 5.74) is 0.323. The number of nitrogens with zero attached hydrogens (tertiary/aromatic N) is 4. The van der Waals surface area contributed by atoms with Crippen LogP contribution in [-0.4, -0.2) is 50.6 Å². The van der Waals surface area contributed by atoms with Gasteiger partial charge in [-0.05, 0) is 30.7 Å². The highest BCUT2D eigenvalue weighted by atomic mass is 32.2. The normalized spacial score (nSPS) is 16.1. The summed E-state index contributed by atoms with van der Waals surface area (Å²) in [6.45, 7) is 2.42. The van der Waals surface area contributed by atoms with Gasteiger partial charge in [-0.2, -0.15) is 13.9 Å². The van der Waals surface area contributed by atoms with Gasteiger partial charge in [-0.3, -0.25) is 0 Å². The Kier molecular flexibility index (Phi) is 5.12. The number of sulfone groups is 1. The molecule has 1 aromatic heterocycles. The fourth-order valence-electron chi connectivity index (χ4n) is 2.90. The Morgan fingerprint density at radius 3 is 2.40 bits per heavy atom. The molecule has 3 rings (SSSR count). The lowest BCUT2D eigenvalue weighted by molar-refractivity contribution is 0.235. The molecule has 0 amide bonds. The molecular formula is C16H18F2N4O2S. The third-order valence-corrected chi connectivity index (χ3v) is 5.55. The molecule has 2 aromatic rings. The summed E-state index contributed by atoms with van der Waals surface area (Å²) in [6.07, 6.45) is 2.35. The number of hydrogen-bond donors (Lipinski definition) is 0. The summed E-state index contributed by atoms with van der Waals surface area (Å²) in [5, 5.41) is 7.95. The Labute approximate surface area is 145 Å². The number of halogens is 2. The Hall–Kier alpha value is -2.29. The number of benzene rings is 1. The van der Waals surface area contributed by atoms with E-state index in [1.165, 1.54) is 12.1 Å². The van der Waals surface area contributed by atoms with Gasteiger partial charge in [0.15, 0.2) is 5.82 Å². The third kappa shape index (κ3) is 3.71. The molecule has 0 spiro atoms. The van der Waals surface area contributed by atoms with Crippen LogP contribution >= 0.6 is 0 Å². The maximum Gasteiger partial charge on any atom is 0.341 e. The second-order valence-corrected chi connectivity index (χ2v) is 7.57. The van der Waals surface area contributed by atoms with Crippen molar-refractivity contribution in [1.29, 1.82) is 0 Å². The van der Waals surface area contributed by atoms with E-state index >= 15 is 0 Å². The first kappa shape index (κ1) is 17.5. The van der Waals surface area contributed by atoms with Gasteiger partial charge < -0.3 is 9.80 Å². The van der Waals surface area contributed by atoms with Gasteiger partial charge in [-0.1, -0.05) is 12.1 Å². The predicted molar refractivity (Wildman–Crippen MR) is 90.7 cm³/mol. The van der Waals surface area contributed by atoms with Crippen LogP contribution < -0.4 is 9.80 Å². The summed E-state index contributed by atoms with van der Waals surface area (Å²) >= 11 is 0. The van der Waals surface area contributed by atoms with E-state index in [9.17, 15) is 17.2 Å². The van der Waals surface area contributed by atoms with Gasteiger partial charge >= 0.3 is 5.76 Å². The van der Waals surface area contributed by atoms with Crippen LogP contribution in [0.4, 0.5) is 20.3 Å². The van der Waals surface area contributed by atoms with Crippen molar-refractivity contribution in [3.05, 3.63) is 42.6 Å². The zero-order valence-corrected chi connectivity index (χ0v) is 14.2. The van der Waals surface area contributed by atoms with Crippen LogP contribution in [0.25, 0.3) is 0 Å². The molecule has 0 saturated carbocycles. The molecular weight excluding hydrogens is 350 g/mol. The molecule has 1 aromatic carbocycles. The van der Waals surface area contributed by atoms with E-state index in [0.29, 0.717) is 25.3 Å². The Bertz CT molecular complexity index is 818. The van der Waals surface area contributed by atoms with Crippen molar-refractivity contribution >= 4 is 21.3 Å². The van der Waals surface area contributed by atoms with Gasteiger partial charge in [-0.15, -0.1) is 5.10 Å². The smallest absolute Gasteiger partial charge is 0.341 e. The van der Waals surface area contributed by atoms with Crippen molar-refractivity contribution in [2.75, 3.05) is 36.0 Å². The topological polar surface area (TPSA) is 66.4 Å². The van der Waals surface area contributed by atoms with E-state index in [0.717, 1.165) is 18.8 Å². The maximum absolute atomic E-state index is 13.0. The first-order valence-electron chi connectivity index (χ1n) is 7.89. The van der Waals surface area contributed by atoms with Crippen molar-refractivity contribution < 1.29 is 17.2 Å². The van der Waals surface area contributed by atoms with E-state index in [1.54, 1.807) is 24.4 Å². The van der Waals surface area contributed by atoms with Gasteiger partial charge in [0, 0.05) is 32.4 Å². The second kappa shape index (κ2) is 7.30. The molecule has 1 saturated heterocycles. The number of hydrogen-bond acceptors (Lipinski definition) is 6. The van der Waals surface area contributed by atoms with Gasteiger partial charge in [-0.25, -0.2) is 8.42 Å². The molecule has 0 N–H and O–H groups in total. The lowest BCUT2D eigenvalue weighted by Crippen LogP contribution is -2.32. The van der Waals surface area contributed by atoms with Crippen LogP contribution in [0.2, 0.25) is 0 Å². The number of rotatable bonds is 4. The Morgan fingerprint density at radius 2 is 1.68 bits per heavy atom. The molecule has 6 nitrogen and oxygen atoms in total. The molecule has 0 atom stereocenters. The van der Waals surface area contributed by atoms with Crippen LogP contribution in [0.1, 0.15) is 6.42 Å². The molecule has 0 bridgehead atoms. The second-order valence-electron chi connectivity index (χ2n) is 5.68. The van der Waals surface area contributed by atoms with Crippen molar-refractivity contribution in [2.45, 2.75) is 17.1 Å². The van der Waals surface area contributed by atoms with E-state index in [-0.39, 0.29) is 4.90 Å². The van der Waals surface area contributed by atoms with Crippen LogP contribution in [0, 0.1) is 0 Å². The summed E-state index contributed by atoms with van der Waals surface area (Å²) in [5.74, 6) is -2.69. The third-order valence-electron chi connectivity index (χ3n) is 4.13. The van der Waals surface area contributed by atoms with Crippen LogP contribution in [-0.2, 0) is 9.84 Å². The minimum Gasteiger partial charge on any atom is -0.369 e. The first-order chi connectivity index (χ1) is 12.0. The van der Waals surface area contributed by atoms with Crippen molar-refractivity contribution in [2.24, 2.45) is 0 Å². The molecule has 134 valence electrons. The Balaban J connectivity index is 1.84. The summed E-state index contributed by atoms with van der Waals surface area (Å²) in [7, 11) is -4.65. The first-order valence-corrected chi connectivity index (χ1v) is 9.43. The summed E-state index contributed by atoms with van der Waals surface area (Å²) in [6, 6.07) is 9.59. The van der Waals surface area contributed by atoms with Gasteiger partial charge in [0.05, 0.1) is 10.6 Å². The van der Waals surface area contributed by atoms with Crippen molar-refractivity contribution in [3.63, 3.8) is 0 Å². The quantitative estimate of drug-likeness (QED) is 0.824.